The number of phenols is 2. The summed E-state index contributed by atoms with van der Waals surface area (Å²) in [4.78, 5) is 40.3. The molecular formula is C27H38N2O6. The van der Waals surface area contributed by atoms with E-state index in [1.807, 2.05) is 0 Å². The normalized spacial score (nSPS) is 29.7. The molecular weight excluding hydrogens is 448 g/mol. The molecule has 1 saturated heterocycles. The van der Waals surface area contributed by atoms with E-state index in [9.17, 15) is 24.6 Å². The quantitative estimate of drug-likeness (QED) is 0.402. The Morgan fingerprint density at radius 3 is 2.54 bits per heavy atom. The molecule has 3 aliphatic rings. The molecule has 2 bridgehead atoms. The minimum atomic E-state index is -0.761. The van der Waals surface area contributed by atoms with Gasteiger partial charge in [-0.1, -0.05) is 26.8 Å². The lowest BCUT2D eigenvalue weighted by Gasteiger charge is -2.39. The van der Waals surface area contributed by atoms with Gasteiger partial charge in [-0.05, 0) is 74.5 Å². The second-order valence-electron chi connectivity index (χ2n) is 11.3. The van der Waals surface area contributed by atoms with Crippen molar-refractivity contribution in [2.75, 3.05) is 6.54 Å². The smallest absolute Gasteiger partial charge is 0.329 e. The molecule has 2 amide bonds. The van der Waals surface area contributed by atoms with Crippen molar-refractivity contribution in [1.82, 2.24) is 10.2 Å². The Hall–Kier alpha value is -2.77. The third-order valence-electron chi connectivity index (χ3n) is 9.21. The van der Waals surface area contributed by atoms with Gasteiger partial charge in [0.2, 0.25) is 11.8 Å². The first-order valence-electron chi connectivity index (χ1n) is 12.7. The van der Waals surface area contributed by atoms with Crippen LogP contribution in [0.4, 0.5) is 0 Å². The highest BCUT2D eigenvalue weighted by Gasteiger charge is 2.63. The van der Waals surface area contributed by atoms with Crippen LogP contribution >= 0.6 is 0 Å². The van der Waals surface area contributed by atoms with Crippen LogP contribution in [0, 0.1) is 16.7 Å². The van der Waals surface area contributed by atoms with Gasteiger partial charge in [0.25, 0.3) is 0 Å². The molecule has 35 heavy (non-hydrogen) atoms. The summed E-state index contributed by atoms with van der Waals surface area (Å²) in [6, 6.07) is 3.06. The van der Waals surface area contributed by atoms with Gasteiger partial charge in [0, 0.05) is 18.4 Å². The lowest BCUT2D eigenvalue weighted by Crippen LogP contribution is -2.51. The third-order valence-corrected chi connectivity index (χ3v) is 9.21. The number of fused-ring (bicyclic) bond motifs is 2. The van der Waals surface area contributed by atoms with Gasteiger partial charge in [-0.3, -0.25) is 9.59 Å². The van der Waals surface area contributed by atoms with Gasteiger partial charge in [0.05, 0.1) is 0 Å². The number of carbonyl (C=O) groups excluding carboxylic acids is 3. The Labute approximate surface area is 207 Å². The first kappa shape index (κ1) is 25.3. The number of aromatic hydroxyl groups is 2. The van der Waals surface area contributed by atoms with E-state index in [0.29, 0.717) is 30.9 Å². The number of phenolic OH excluding ortho intramolecular Hbond substituents is 2. The molecule has 0 radical (unpaired) electrons. The minimum Gasteiger partial charge on any atom is -0.504 e. The molecule has 8 nitrogen and oxygen atoms in total. The molecule has 1 aromatic rings. The van der Waals surface area contributed by atoms with Gasteiger partial charge in [0.1, 0.15) is 18.2 Å². The van der Waals surface area contributed by atoms with Gasteiger partial charge in [-0.15, -0.1) is 0 Å². The molecule has 3 unspecified atom stereocenters. The molecule has 1 aliphatic heterocycles. The predicted octanol–water partition coefficient (Wildman–Crippen LogP) is 3.28. The zero-order valence-corrected chi connectivity index (χ0v) is 21.2. The Morgan fingerprint density at radius 2 is 1.91 bits per heavy atom. The van der Waals surface area contributed by atoms with Gasteiger partial charge in [-0.25, -0.2) is 4.79 Å². The summed E-state index contributed by atoms with van der Waals surface area (Å²) in [5.74, 6) is -0.785. The number of aryl methyl sites for hydroxylation is 1. The number of benzene rings is 1. The Morgan fingerprint density at radius 1 is 1.17 bits per heavy atom. The Balaban J connectivity index is 1.30. The summed E-state index contributed by atoms with van der Waals surface area (Å²) in [6.07, 6.45) is 4.80. The standard InChI is InChI=1S/C27H38N2O6/c1-16(28-23(32)10-8-17-7-9-20(30)21(31)14-17)24(33)29-13-5-6-19(29)25(34)35-22-15-18-11-12-27(22,4)26(18,2)3/h7,9,14,16,18-19,22,30-31H,5-6,8,10-13,15H2,1-4H3,(H,28,32)/t16-,18?,19-,22?,27?/m0/s1. The number of hydrogen-bond donors (Lipinski definition) is 3. The van der Waals surface area contributed by atoms with E-state index in [1.54, 1.807) is 17.9 Å². The van der Waals surface area contributed by atoms with Crippen LogP contribution in [0.3, 0.4) is 0 Å². The first-order chi connectivity index (χ1) is 16.4. The fraction of sp³-hybridized carbons (Fsp3) is 0.667. The van der Waals surface area contributed by atoms with Crippen LogP contribution in [-0.4, -0.2) is 57.6 Å². The number of nitrogens with zero attached hydrogens (tertiary/aromatic N) is 1. The number of likely N-dealkylation sites (tertiary alicyclic amines) is 1. The third kappa shape index (κ3) is 4.59. The monoisotopic (exact) mass is 486 g/mol. The molecule has 4 rings (SSSR count). The van der Waals surface area contributed by atoms with Crippen molar-refractivity contribution in [3.63, 3.8) is 0 Å². The summed E-state index contributed by atoms with van der Waals surface area (Å²) in [7, 11) is 0. The second-order valence-corrected chi connectivity index (χ2v) is 11.3. The molecule has 3 fully saturated rings. The number of nitrogens with one attached hydrogen (secondary N) is 1. The molecule has 1 aromatic carbocycles. The summed E-state index contributed by atoms with van der Waals surface area (Å²) in [5.41, 5.74) is 0.811. The van der Waals surface area contributed by atoms with Crippen LogP contribution in [0.2, 0.25) is 0 Å². The van der Waals surface area contributed by atoms with Gasteiger partial charge in [-0.2, -0.15) is 0 Å². The predicted molar refractivity (Wildman–Crippen MR) is 130 cm³/mol. The molecule has 5 atom stereocenters. The van der Waals surface area contributed by atoms with Crippen LogP contribution in [0.25, 0.3) is 0 Å². The molecule has 2 saturated carbocycles. The van der Waals surface area contributed by atoms with Crippen molar-refractivity contribution < 1.29 is 29.3 Å². The zero-order valence-electron chi connectivity index (χ0n) is 21.2. The number of hydrogen-bond acceptors (Lipinski definition) is 6. The summed E-state index contributed by atoms with van der Waals surface area (Å²) >= 11 is 0. The summed E-state index contributed by atoms with van der Waals surface area (Å²) in [6.45, 7) is 8.89. The van der Waals surface area contributed by atoms with E-state index < -0.39 is 12.1 Å². The maximum absolute atomic E-state index is 13.2. The lowest BCUT2D eigenvalue weighted by molar-refractivity contribution is -0.165. The van der Waals surface area contributed by atoms with Crippen molar-refractivity contribution in [3.8, 4) is 11.5 Å². The van der Waals surface area contributed by atoms with E-state index in [1.165, 1.54) is 18.6 Å². The van der Waals surface area contributed by atoms with Crippen LogP contribution in [-0.2, 0) is 25.5 Å². The average molecular weight is 487 g/mol. The topological polar surface area (TPSA) is 116 Å². The molecule has 3 N–H and O–H groups in total. The second kappa shape index (κ2) is 9.36. The van der Waals surface area contributed by atoms with Crippen LogP contribution in [0.15, 0.2) is 18.2 Å². The molecule has 8 heteroatoms. The number of ether oxygens (including phenoxy) is 1. The van der Waals surface area contributed by atoms with Crippen molar-refractivity contribution in [3.05, 3.63) is 23.8 Å². The highest BCUT2D eigenvalue weighted by molar-refractivity contribution is 5.91. The highest BCUT2D eigenvalue weighted by Crippen LogP contribution is 2.66. The van der Waals surface area contributed by atoms with Crippen molar-refractivity contribution in [2.45, 2.75) is 90.8 Å². The highest BCUT2D eigenvalue weighted by atomic mass is 16.5. The fourth-order valence-corrected chi connectivity index (χ4v) is 6.41. The van der Waals surface area contributed by atoms with E-state index in [2.05, 4.69) is 26.1 Å². The maximum atomic E-state index is 13.2. The summed E-state index contributed by atoms with van der Waals surface area (Å²) < 4.78 is 6.06. The molecule has 0 aromatic heterocycles. The molecule has 2 aliphatic carbocycles. The SMILES string of the molecule is C[C@H](NC(=O)CCc1ccc(O)c(O)c1)C(=O)N1CCC[C@H]1C(=O)OC1CC2CCC1(C)C2(C)C. The van der Waals surface area contributed by atoms with Gasteiger partial charge >= 0.3 is 5.97 Å². The summed E-state index contributed by atoms with van der Waals surface area (Å²) in [5, 5.41) is 21.7. The zero-order chi connectivity index (χ0) is 25.5. The number of carbonyl (C=O) groups is 3. The van der Waals surface area contributed by atoms with Crippen molar-refractivity contribution in [2.24, 2.45) is 16.7 Å². The Kier molecular flexibility index (Phi) is 6.77. The average Bonchev–Trinajstić information content (AvgIpc) is 3.43. The molecule has 192 valence electrons. The Bertz CT molecular complexity index is 1010. The van der Waals surface area contributed by atoms with E-state index in [4.69, 9.17) is 4.74 Å². The number of esters is 1. The van der Waals surface area contributed by atoms with E-state index in [-0.39, 0.29) is 52.6 Å². The fourth-order valence-electron chi connectivity index (χ4n) is 6.41. The van der Waals surface area contributed by atoms with E-state index in [0.717, 1.165) is 19.3 Å². The molecule has 1 heterocycles. The van der Waals surface area contributed by atoms with Crippen molar-refractivity contribution >= 4 is 17.8 Å². The van der Waals surface area contributed by atoms with Crippen molar-refractivity contribution in [1.29, 1.82) is 0 Å². The van der Waals surface area contributed by atoms with Crippen LogP contribution in [0.5, 0.6) is 11.5 Å². The largest absolute Gasteiger partial charge is 0.504 e. The van der Waals surface area contributed by atoms with Gasteiger partial charge < -0.3 is 25.2 Å². The van der Waals surface area contributed by atoms with Crippen LogP contribution in [0.1, 0.15) is 71.8 Å². The van der Waals surface area contributed by atoms with E-state index >= 15 is 0 Å². The van der Waals surface area contributed by atoms with Crippen LogP contribution < -0.4 is 5.32 Å². The molecule has 0 spiro atoms. The first-order valence-corrected chi connectivity index (χ1v) is 12.7. The van der Waals surface area contributed by atoms with Gasteiger partial charge in [0.15, 0.2) is 11.5 Å². The maximum Gasteiger partial charge on any atom is 0.329 e. The minimum absolute atomic E-state index is 0.0314. The lowest BCUT2D eigenvalue weighted by atomic mass is 9.70. The number of rotatable bonds is 7. The number of amides is 2.